The number of hydrogen-bond acceptors (Lipinski definition) is 3. The third-order valence-electron chi connectivity index (χ3n) is 0.585. The van der Waals surface area contributed by atoms with Crippen LogP contribution in [0.15, 0.2) is 10.3 Å². The van der Waals surface area contributed by atoms with Crippen LogP contribution in [0.2, 0.25) is 0 Å². The van der Waals surface area contributed by atoms with E-state index in [1.165, 1.54) is 0 Å². The van der Waals surface area contributed by atoms with Crippen molar-refractivity contribution in [2.45, 2.75) is 0 Å². The molecule has 0 saturated heterocycles. The smallest absolute Gasteiger partial charge is 0.0929 e. The second kappa shape index (κ2) is 5.07. The van der Waals surface area contributed by atoms with Crippen LogP contribution < -0.4 is 0 Å². The number of hydrogen-bond donors (Lipinski definition) is 0. The molecule has 0 aliphatic heterocycles. The molecule has 0 saturated carbocycles. The SMILES string of the molecule is CSC(=CC#N)SC. The average Bonchev–Trinajstić information content (AvgIpc) is 1.83. The third kappa shape index (κ3) is 3.00. The summed E-state index contributed by atoms with van der Waals surface area (Å²) < 4.78 is 1.06. The van der Waals surface area contributed by atoms with Gasteiger partial charge in [-0.25, -0.2) is 0 Å². The summed E-state index contributed by atoms with van der Waals surface area (Å²) in [4.78, 5) is 0. The summed E-state index contributed by atoms with van der Waals surface area (Å²) in [6.45, 7) is 0. The molecule has 0 atom stereocenters. The Morgan fingerprint density at radius 3 is 2.12 bits per heavy atom. The topological polar surface area (TPSA) is 23.8 Å². The van der Waals surface area contributed by atoms with Crippen LogP contribution in [0.3, 0.4) is 0 Å². The van der Waals surface area contributed by atoms with Crippen LogP contribution in [0.4, 0.5) is 0 Å². The highest BCUT2D eigenvalue weighted by molar-refractivity contribution is 8.21. The second-order valence-corrected chi connectivity index (χ2v) is 2.96. The van der Waals surface area contributed by atoms with Gasteiger partial charge in [-0.3, -0.25) is 0 Å². The normalized spacial score (nSPS) is 7.62. The van der Waals surface area contributed by atoms with Gasteiger partial charge in [0.2, 0.25) is 0 Å². The van der Waals surface area contributed by atoms with Gasteiger partial charge in [-0.15, -0.1) is 23.5 Å². The van der Waals surface area contributed by atoms with E-state index in [2.05, 4.69) is 0 Å². The molecular formula is C5H7NS2. The van der Waals surface area contributed by atoms with Crippen LogP contribution in [0.5, 0.6) is 0 Å². The summed E-state index contributed by atoms with van der Waals surface area (Å²) in [5.41, 5.74) is 0. The molecule has 0 N–H and O–H groups in total. The van der Waals surface area contributed by atoms with E-state index in [4.69, 9.17) is 5.26 Å². The zero-order chi connectivity index (χ0) is 6.41. The number of nitriles is 1. The highest BCUT2D eigenvalue weighted by Gasteiger charge is 1.86. The number of rotatable bonds is 2. The van der Waals surface area contributed by atoms with Gasteiger partial charge in [-0.1, -0.05) is 0 Å². The summed E-state index contributed by atoms with van der Waals surface area (Å²) in [5, 5.41) is 8.15. The molecular weight excluding hydrogens is 138 g/mol. The Kier molecular flexibility index (Phi) is 5.03. The average molecular weight is 145 g/mol. The van der Waals surface area contributed by atoms with Crippen molar-refractivity contribution in [2.24, 2.45) is 0 Å². The fourth-order valence-electron chi connectivity index (χ4n) is 0.254. The van der Waals surface area contributed by atoms with Crippen LogP contribution in [-0.4, -0.2) is 12.5 Å². The summed E-state index contributed by atoms with van der Waals surface area (Å²) in [6, 6.07) is 1.97. The minimum atomic E-state index is 1.06. The highest BCUT2D eigenvalue weighted by Crippen LogP contribution is 2.22. The first-order valence-electron chi connectivity index (χ1n) is 2.03. The van der Waals surface area contributed by atoms with Crippen LogP contribution in [0.1, 0.15) is 0 Å². The predicted molar refractivity (Wildman–Crippen MR) is 40.7 cm³/mol. The molecule has 8 heavy (non-hydrogen) atoms. The summed E-state index contributed by atoms with van der Waals surface area (Å²) >= 11 is 3.19. The van der Waals surface area contributed by atoms with Gasteiger partial charge in [-0.05, 0) is 12.5 Å². The van der Waals surface area contributed by atoms with Gasteiger partial charge >= 0.3 is 0 Å². The number of thioether (sulfide) groups is 2. The van der Waals surface area contributed by atoms with Crippen LogP contribution in [0.25, 0.3) is 0 Å². The van der Waals surface area contributed by atoms with Crippen molar-refractivity contribution >= 4 is 23.5 Å². The molecule has 0 amide bonds. The molecule has 0 bridgehead atoms. The van der Waals surface area contributed by atoms with E-state index in [1.807, 2.05) is 18.6 Å². The van der Waals surface area contributed by atoms with E-state index >= 15 is 0 Å². The molecule has 0 radical (unpaired) electrons. The standard InChI is InChI=1S/C5H7NS2/c1-7-5(8-2)3-4-6/h3H,1-2H3. The summed E-state index contributed by atoms with van der Waals surface area (Å²) in [6.07, 6.45) is 5.47. The lowest BCUT2D eigenvalue weighted by Crippen LogP contribution is -1.61. The molecule has 0 unspecified atom stereocenters. The van der Waals surface area contributed by atoms with Gasteiger partial charge in [0.05, 0.1) is 10.3 Å². The molecule has 0 fully saturated rings. The molecule has 0 aromatic rings. The Bertz CT molecular complexity index is 117. The van der Waals surface area contributed by atoms with E-state index < -0.39 is 0 Å². The number of nitrogens with zero attached hydrogens (tertiary/aromatic N) is 1. The maximum Gasteiger partial charge on any atom is 0.0929 e. The molecule has 0 aliphatic rings. The molecule has 44 valence electrons. The first-order chi connectivity index (χ1) is 3.85. The highest BCUT2D eigenvalue weighted by atomic mass is 32.2. The molecule has 0 heterocycles. The lowest BCUT2D eigenvalue weighted by molar-refractivity contribution is 1.54. The zero-order valence-electron chi connectivity index (χ0n) is 4.84. The second-order valence-electron chi connectivity index (χ2n) is 1.00. The Balaban J connectivity index is 3.72. The zero-order valence-corrected chi connectivity index (χ0v) is 6.47. The molecule has 0 spiro atoms. The molecule has 3 heteroatoms. The van der Waals surface area contributed by atoms with Gasteiger partial charge in [0.1, 0.15) is 0 Å². The predicted octanol–water partition coefficient (Wildman–Crippen LogP) is 2.08. The molecule has 0 rings (SSSR count). The van der Waals surface area contributed by atoms with Crippen LogP contribution in [0, 0.1) is 11.3 Å². The maximum atomic E-state index is 8.15. The molecule has 0 aromatic carbocycles. The van der Waals surface area contributed by atoms with Gasteiger partial charge in [-0.2, -0.15) is 5.26 Å². The third-order valence-corrected chi connectivity index (χ3v) is 2.63. The quantitative estimate of drug-likeness (QED) is 0.556. The van der Waals surface area contributed by atoms with E-state index in [0.29, 0.717) is 0 Å². The van der Waals surface area contributed by atoms with Gasteiger partial charge < -0.3 is 0 Å². The van der Waals surface area contributed by atoms with E-state index in [9.17, 15) is 0 Å². The van der Waals surface area contributed by atoms with Crippen molar-refractivity contribution in [3.05, 3.63) is 10.3 Å². The molecule has 0 aromatic heterocycles. The van der Waals surface area contributed by atoms with Crippen LogP contribution >= 0.6 is 23.5 Å². The maximum absolute atomic E-state index is 8.15. The molecule has 1 nitrogen and oxygen atoms in total. The molecule has 0 aliphatic carbocycles. The first-order valence-corrected chi connectivity index (χ1v) is 4.48. The Morgan fingerprint density at radius 1 is 1.50 bits per heavy atom. The largest absolute Gasteiger partial charge is 0.193 e. The fraction of sp³-hybridized carbons (Fsp3) is 0.400. The summed E-state index contributed by atoms with van der Waals surface area (Å²) in [5.74, 6) is 0. The monoisotopic (exact) mass is 145 g/mol. The van der Waals surface area contributed by atoms with Crippen LogP contribution in [-0.2, 0) is 0 Å². The summed E-state index contributed by atoms with van der Waals surface area (Å²) in [7, 11) is 0. The van der Waals surface area contributed by atoms with E-state index in [-0.39, 0.29) is 0 Å². The lowest BCUT2D eigenvalue weighted by Gasteiger charge is -1.90. The van der Waals surface area contributed by atoms with E-state index in [1.54, 1.807) is 29.6 Å². The van der Waals surface area contributed by atoms with Crippen molar-refractivity contribution in [3.8, 4) is 6.07 Å². The van der Waals surface area contributed by atoms with Gasteiger partial charge in [0.15, 0.2) is 0 Å². The van der Waals surface area contributed by atoms with Crippen molar-refractivity contribution in [1.82, 2.24) is 0 Å². The first kappa shape index (κ1) is 7.93. The van der Waals surface area contributed by atoms with Crippen molar-refractivity contribution in [1.29, 1.82) is 5.26 Å². The Morgan fingerprint density at radius 2 is 2.00 bits per heavy atom. The minimum Gasteiger partial charge on any atom is -0.193 e. The fourth-order valence-corrected chi connectivity index (χ4v) is 1.26. The van der Waals surface area contributed by atoms with Crippen molar-refractivity contribution < 1.29 is 0 Å². The minimum absolute atomic E-state index is 1.06. The van der Waals surface area contributed by atoms with Crippen molar-refractivity contribution in [2.75, 3.05) is 12.5 Å². The Hall–Kier alpha value is -0.0700. The number of allylic oxidation sites excluding steroid dienone is 1. The van der Waals surface area contributed by atoms with Crippen molar-refractivity contribution in [3.63, 3.8) is 0 Å². The van der Waals surface area contributed by atoms with Gasteiger partial charge in [0.25, 0.3) is 0 Å². The van der Waals surface area contributed by atoms with Gasteiger partial charge in [0, 0.05) is 6.08 Å². The lowest BCUT2D eigenvalue weighted by atomic mass is 10.7. The Labute approximate surface area is 58.1 Å². The van der Waals surface area contributed by atoms with E-state index in [0.717, 1.165) is 4.24 Å².